The molecule has 5 rings (SSSR count). The molecule has 0 saturated heterocycles. The highest BCUT2D eigenvalue weighted by atomic mass is 16.3. The molecular weight excluding hydrogens is 368 g/mol. The lowest BCUT2D eigenvalue weighted by Crippen LogP contribution is -2.36. The van der Waals surface area contributed by atoms with Gasteiger partial charge in [0.15, 0.2) is 7.05 Å². The molecule has 0 saturated carbocycles. The number of hydrogen-bond donors (Lipinski definition) is 0. The predicted octanol–water partition coefficient (Wildman–Crippen LogP) is 6.44. The maximum atomic E-state index is 7.69. The fourth-order valence-corrected chi connectivity index (χ4v) is 5.26. The van der Waals surface area contributed by atoms with Gasteiger partial charge in [-0.3, -0.25) is 0 Å². The zero-order valence-corrected chi connectivity index (χ0v) is 18.7. The molecule has 154 valence electrons. The van der Waals surface area contributed by atoms with E-state index in [0.717, 1.165) is 46.2 Å². The molecule has 1 aliphatic rings. The van der Waals surface area contributed by atoms with E-state index in [2.05, 4.69) is 64.0 Å². The summed E-state index contributed by atoms with van der Waals surface area (Å²) in [4.78, 5) is 0. The van der Waals surface area contributed by atoms with Crippen LogP contribution in [0.15, 0.2) is 40.8 Å². The zero-order valence-electron chi connectivity index (χ0n) is 21.7. The molecule has 0 atom stereocenters. The van der Waals surface area contributed by atoms with Crippen LogP contribution < -0.4 is 4.68 Å². The van der Waals surface area contributed by atoms with Gasteiger partial charge in [0, 0.05) is 21.0 Å². The maximum Gasteiger partial charge on any atom is 0.242 e. The van der Waals surface area contributed by atoms with Crippen molar-refractivity contribution in [3.05, 3.63) is 58.8 Å². The van der Waals surface area contributed by atoms with Crippen LogP contribution in [0.1, 0.15) is 67.0 Å². The molecule has 0 aliphatic heterocycles. The average Bonchev–Trinajstić information content (AvgIpc) is 3.09. The molecule has 2 aromatic carbocycles. The fraction of sp³-hybridized carbons (Fsp3) is 0.407. The van der Waals surface area contributed by atoms with E-state index in [1.54, 1.807) is 17.8 Å². The summed E-state index contributed by atoms with van der Waals surface area (Å²) >= 11 is 0. The van der Waals surface area contributed by atoms with Crippen LogP contribution in [-0.2, 0) is 17.9 Å². The lowest BCUT2D eigenvalue weighted by atomic mass is 9.62. The lowest BCUT2D eigenvalue weighted by Gasteiger charge is -2.42. The summed E-state index contributed by atoms with van der Waals surface area (Å²) < 4.78 is 31.3. The van der Waals surface area contributed by atoms with E-state index in [0.29, 0.717) is 0 Å². The highest BCUT2D eigenvalue weighted by Crippen LogP contribution is 2.51. The van der Waals surface area contributed by atoms with Crippen LogP contribution in [0.2, 0.25) is 0 Å². The maximum absolute atomic E-state index is 7.69. The Balaban J connectivity index is 1.85. The van der Waals surface area contributed by atoms with Gasteiger partial charge in [-0.2, -0.15) is 0 Å². The van der Waals surface area contributed by atoms with Gasteiger partial charge in [-0.05, 0) is 71.4 Å². The van der Waals surface area contributed by atoms with Crippen molar-refractivity contribution in [1.29, 1.82) is 0 Å². The van der Waals surface area contributed by atoms with E-state index in [1.807, 2.05) is 6.07 Å². The number of fused-ring (bicyclic) bond motifs is 5. The van der Waals surface area contributed by atoms with Crippen LogP contribution in [0.25, 0.3) is 33.2 Å². The third-order valence-electron chi connectivity index (χ3n) is 7.06. The van der Waals surface area contributed by atoms with E-state index in [4.69, 9.17) is 8.53 Å². The quantitative estimate of drug-likeness (QED) is 0.343. The number of benzene rings is 2. The van der Waals surface area contributed by atoms with Gasteiger partial charge in [-0.15, -0.1) is 0 Å². The van der Waals surface area contributed by atoms with E-state index in [9.17, 15) is 0 Å². The number of furan rings is 1. The second kappa shape index (κ2) is 6.16. The van der Waals surface area contributed by atoms with Crippen molar-refractivity contribution in [1.82, 2.24) is 5.10 Å². The van der Waals surface area contributed by atoms with Crippen molar-refractivity contribution in [2.75, 3.05) is 0 Å². The number of aryl methyl sites for hydroxylation is 3. The number of hydrogen-bond acceptors (Lipinski definition) is 2. The van der Waals surface area contributed by atoms with E-state index < -0.39 is 6.85 Å². The van der Waals surface area contributed by atoms with Crippen LogP contribution in [0, 0.1) is 13.8 Å². The Kier molecular flexibility index (Phi) is 3.30. The average molecular weight is 403 g/mol. The first-order valence-electron chi connectivity index (χ1n) is 12.2. The molecule has 0 N–H and O–H groups in total. The van der Waals surface area contributed by atoms with Gasteiger partial charge >= 0.3 is 0 Å². The number of nitrogens with zero attached hydrogens (tertiary/aromatic N) is 2. The standard InChI is InChI=1S/C27H31N2O/c1-16-8-10-18-23-21(13-11-19-24(23)27(5,6)15-14-26(19,3)4)30-25(18)22(16)20-12-9-17(2)28-29(20)7/h8-13H,14-15H2,1-7H3/q+1/i2D3. The normalized spacial score (nSPS) is 19.3. The SMILES string of the molecule is [2H]C([2H])([2H])c1ccc(-c2c(C)ccc3c2oc2ccc4c(c23)C(C)(C)CCC4(C)C)[n+](C)n1. The molecule has 3 nitrogen and oxygen atoms in total. The Hall–Kier alpha value is -2.68. The van der Waals surface area contributed by atoms with Gasteiger partial charge in [0.2, 0.25) is 5.69 Å². The molecule has 1 aliphatic carbocycles. The smallest absolute Gasteiger partial charge is 0.242 e. The summed E-state index contributed by atoms with van der Waals surface area (Å²) in [6.07, 6.45) is 2.29. The first kappa shape index (κ1) is 16.1. The summed E-state index contributed by atoms with van der Waals surface area (Å²) in [6.45, 7) is 9.17. The Morgan fingerprint density at radius 2 is 1.77 bits per heavy atom. The van der Waals surface area contributed by atoms with Gasteiger partial charge < -0.3 is 4.42 Å². The van der Waals surface area contributed by atoms with E-state index >= 15 is 0 Å². The fourth-order valence-electron chi connectivity index (χ4n) is 5.26. The van der Waals surface area contributed by atoms with Crippen molar-refractivity contribution < 1.29 is 13.2 Å². The summed E-state index contributed by atoms with van der Waals surface area (Å²) in [6, 6.07) is 12.1. The highest BCUT2D eigenvalue weighted by molar-refractivity contribution is 6.12. The Bertz CT molecular complexity index is 1430. The molecule has 2 aromatic heterocycles. The number of aromatic nitrogens is 2. The van der Waals surface area contributed by atoms with Crippen molar-refractivity contribution in [2.45, 2.75) is 65.1 Å². The van der Waals surface area contributed by atoms with Crippen LogP contribution in [0.4, 0.5) is 0 Å². The van der Waals surface area contributed by atoms with Gasteiger partial charge in [0.1, 0.15) is 16.9 Å². The minimum absolute atomic E-state index is 0.0554. The minimum Gasteiger partial charge on any atom is -0.455 e. The summed E-state index contributed by atoms with van der Waals surface area (Å²) in [7, 11) is 1.79. The Labute approximate surface area is 182 Å². The largest absolute Gasteiger partial charge is 0.455 e. The lowest BCUT2D eigenvalue weighted by molar-refractivity contribution is -0.720. The monoisotopic (exact) mass is 402 g/mol. The van der Waals surface area contributed by atoms with Gasteiger partial charge in [0.25, 0.3) is 0 Å². The Morgan fingerprint density at radius 1 is 1.00 bits per heavy atom. The topological polar surface area (TPSA) is 29.9 Å². The van der Waals surface area contributed by atoms with Crippen LogP contribution >= 0.6 is 0 Å². The molecule has 0 radical (unpaired) electrons. The molecule has 0 unspecified atom stereocenters. The minimum atomic E-state index is -2.24. The highest BCUT2D eigenvalue weighted by Gasteiger charge is 2.39. The number of rotatable bonds is 1. The van der Waals surface area contributed by atoms with Crippen LogP contribution in [0.5, 0.6) is 0 Å². The van der Waals surface area contributed by atoms with E-state index in [-0.39, 0.29) is 16.5 Å². The second-order valence-corrected chi connectivity index (χ2v) is 10.1. The third-order valence-corrected chi connectivity index (χ3v) is 7.06. The molecule has 0 bridgehead atoms. The van der Waals surface area contributed by atoms with Crippen LogP contribution in [-0.4, -0.2) is 5.10 Å². The first-order valence-corrected chi connectivity index (χ1v) is 10.7. The summed E-state index contributed by atoms with van der Waals surface area (Å²) in [5, 5.41) is 6.66. The second-order valence-electron chi connectivity index (χ2n) is 10.1. The van der Waals surface area contributed by atoms with E-state index in [1.165, 1.54) is 16.5 Å². The molecule has 30 heavy (non-hydrogen) atoms. The van der Waals surface area contributed by atoms with Crippen molar-refractivity contribution >= 4 is 21.9 Å². The third kappa shape index (κ3) is 2.64. The predicted molar refractivity (Wildman–Crippen MR) is 123 cm³/mol. The molecular formula is C27H31N2O+. The summed E-state index contributed by atoms with van der Waals surface area (Å²) in [5.41, 5.74) is 7.65. The van der Waals surface area contributed by atoms with Crippen molar-refractivity contribution in [3.8, 4) is 11.3 Å². The van der Waals surface area contributed by atoms with Crippen molar-refractivity contribution in [3.63, 3.8) is 0 Å². The Morgan fingerprint density at radius 3 is 2.50 bits per heavy atom. The first-order chi connectivity index (χ1) is 15.3. The van der Waals surface area contributed by atoms with Gasteiger partial charge in [0.05, 0.1) is 5.56 Å². The molecule has 3 heteroatoms. The molecule has 2 heterocycles. The summed E-state index contributed by atoms with van der Waals surface area (Å²) in [5.74, 6) is 0. The van der Waals surface area contributed by atoms with Crippen LogP contribution in [0.3, 0.4) is 0 Å². The zero-order chi connectivity index (χ0) is 23.9. The van der Waals surface area contributed by atoms with Gasteiger partial charge in [-0.1, -0.05) is 50.6 Å². The van der Waals surface area contributed by atoms with Crippen molar-refractivity contribution in [2.24, 2.45) is 7.05 Å². The molecule has 0 spiro atoms. The molecule has 4 aromatic rings. The molecule has 0 amide bonds. The van der Waals surface area contributed by atoms with Gasteiger partial charge in [-0.25, -0.2) is 0 Å². The molecule has 0 fully saturated rings.